The smallest absolute Gasteiger partial charge is 0.241 e. The first kappa shape index (κ1) is 9.39. The Morgan fingerprint density at radius 2 is 2.00 bits per heavy atom. The first-order valence-electron chi connectivity index (χ1n) is 2.74. The highest BCUT2D eigenvalue weighted by atomic mass is 35.5. The number of carbonyl (C=O) groups excluding carboxylic acids is 2. The van der Waals surface area contributed by atoms with E-state index in [-0.39, 0.29) is 18.3 Å². The van der Waals surface area contributed by atoms with Crippen molar-refractivity contribution in [2.24, 2.45) is 0 Å². The summed E-state index contributed by atoms with van der Waals surface area (Å²) in [5.41, 5.74) is 0. The number of likely N-dealkylation sites (N-methyl/N-ethyl adjacent to an activating group) is 1. The van der Waals surface area contributed by atoms with Gasteiger partial charge in [0.2, 0.25) is 11.8 Å². The molecular formula is C5H9ClN2O2. The molecule has 0 unspecified atom stereocenters. The Kier molecular flexibility index (Phi) is 4.88. The Morgan fingerprint density at radius 1 is 1.40 bits per heavy atom. The third kappa shape index (κ3) is 4.29. The summed E-state index contributed by atoms with van der Waals surface area (Å²) in [5, 5.41) is 4.65. The molecular weight excluding hydrogens is 156 g/mol. The van der Waals surface area contributed by atoms with Crippen LogP contribution < -0.4 is 10.6 Å². The molecule has 0 atom stereocenters. The summed E-state index contributed by atoms with van der Waals surface area (Å²) in [6.07, 6.45) is 0. The van der Waals surface area contributed by atoms with Crippen molar-refractivity contribution >= 4 is 23.4 Å². The maximum atomic E-state index is 10.6. The molecule has 0 spiro atoms. The lowest BCUT2D eigenvalue weighted by molar-refractivity contribution is -0.128. The molecule has 58 valence electrons. The van der Waals surface area contributed by atoms with Gasteiger partial charge in [0.15, 0.2) is 0 Å². The van der Waals surface area contributed by atoms with Gasteiger partial charge in [0.05, 0.1) is 6.54 Å². The van der Waals surface area contributed by atoms with E-state index in [4.69, 9.17) is 11.6 Å². The second-order valence-corrected chi connectivity index (χ2v) is 1.90. The molecule has 0 aliphatic rings. The van der Waals surface area contributed by atoms with E-state index >= 15 is 0 Å². The topological polar surface area (TPSA) is 58.2 Å². The zero-order chi connectivity index (χ0) is 7.98. The molecule has 0 saturated carbocycles. The summed E-state index contributed by atoms with van der Waals surface area (Å²) in [5.74, 6) is -1.02. The summed E-state index contributed by atoms with van der Waals surface area (Å²) in [4.78, 5) is 21.0. The number of halogens is 1. The molecule has 0 aliphatic carbocycles. The van der Waals surface area contributed by atoms with Crippen molar-refractivity contribution in [3.05, 3.63) is 0 Å². The van der Waals surface area contributed by atoms with Gasteiger partial charge in [-0.05, 0) is 7.05 Å². The van der Waals surface area contributed by atoms with Crippen LogP contribution in [0, 0.1) is 0 Å². The minimum Gasteiger partial charge on any atom is -0.311 e. The van der Waals surface area contributed by atoms with Gasteiger partial charge < -0.3 is 5.32 Å². The van der Waals surface area contributed by atoms with Crippen LogP contribution in [0.4, 0.5) is 0 Å². The zero-order valence-corrected chi connectivity index (χ0v) is 6.36. The van der Waals surface area contributed by atoms with E-state index in [0.29, 0.717) is 0 Å². The number of rotatable bonds is 3. The molecule has 10 heavy (non-hydrogen) atoms. The van der Waals surface area contributed by atoms with Crippen LogP contribution in [0.3, 0.4) is 0 Å². The molecule has 0 aromatic heterocycles. The van der Waals surface area contributed by atoms with Crippen LogP contribution in [0.2, 0.25) is 0 Å². The largest absolute Gasteiger partial charge is 0.311 e. The van der Waals surface area contributed by atoms with Crippen molar-refractivity contribution in [2.45, 2.75) is 0 Å². The second-order valence-electron chi connectivity index (χ2n) is 1.64. The molecule has 0 radical (unpaired) electrons. The highest BCUT2D eigenvalue weighted by Crippen LogP contribution is 1.73. The molecule has 2 N–H and O–H groups in total. The van der Waals surface area contributed by atoms with Gasteiger partial charge in [-0.25, -0.2) is 0 Å². The molecule has 0 saturated heterocycles. The quantitative estimate of drug-likeness (QED) is 0.531. The van der Waals surface area contributed by atoms with E-state index in [2.05, 4.69) is 10.6 Å². The Bertz CT molecular complexity index is 138. The monoisotopic (exact) mass is 164 g/mol. The standard InChI is InChI=1S/C5H9ClN2O2/c1-7-3-5(10)8-4(9)2-6/h7H,2-3H2,1H3,(H,8,9,10). The van der Waals surface area contributed by atoms with Gasteiger partial charge in [-0.1, -0.05) is 0 Å². The predicted molar refractivity (Wildman–Crippen MR) is 37.8 cm³/mol. The van der Waals surface area contributed by atoms with E-state index in [1.54, 1.807) is 7.05 Å². The van der Waals surface area contributed by atoms with Crippen LogP contribution >= 0.6 is 11.6 Å². The van der Waals surface area contributed by atoms with Gasteiger partial charge in [0.1, 0.15) is 5.88 Å². The average molecular weight is 165 g/mol. The maximum absolute atomic E-state index is 10.6. The molecule has 2 amide bonds. The Hall–Kier alpha value is -0.610. The van der Waals surface area contributed by atoms with Crippen molar-refractivity contribution in [3.63, 3.8) is 0 Å². The predicted octanol–water partition coefficient (Wildman–Crippen LogP) is -0.913. The molecule has 0 bridgehead atoms. The van der Waals surface area contributed by atoms with Crippen LogP contribution in [0.1, 0.15) is 0 Å². The van der Waals surface area contributed by atoms with E-state index in [1.165, 1.54) is 0 Å². The molecule has 0 aromatic carbocycles. The Labute approximate surface area is 63.9 Å². The molecule has 0 rings (SSSR count). The van der Waals surface area contributed by atoms with Gasteiger partial charge in [-0.3, -0.25) is 14.9 Å². The second kappa shape index (κ2) is 5.20. The fraction of sp³-hybridized carbons (Fsp3) is 0.600. The zero-order valence-electron chi connectivity index (χ0n) is 5.61. The molecule has 0 heterocycles. The Morgan fingerprint density at radius 3 is 2.40 bits per heavy atom. The van der Waals surface area contributed by atoms with Crippen molar-refractivity contribution in [3.8, 4) is 0 Å². The van der Waals surface area contributed by atoms with Crippen LogP contribution in [-0.2, 0) is 9.59 Å². The highest BCUT2D eigenvalue weighted by molar-refractivity contribution is 6.28. The van der Waals surface area contributed by atoms with Crippen LogP contribution in [0.5, 0.6) is 0 Å². The maximum Gasteiger partial charge on any atom is 0.241 e. The fourth-order valence-corrected chi connectivity index (χ4v) is 0.460. The number of alkyl halides is 1. The van der Waals surface area contributed by atoms with Crippen molar-refractivity contribution in [1.29, 1.82) is 0 Å². The lowest BCUT2D eigenvalue weighted by Crippen LogP contribution is -2.37. The summed E-state index contributed by atoms with van der Waals surface area (Å²) < 4.78 is 0. The van der Waals surface area contributed by atoms with Crippen molar-refractivity contribution in [2.75, 3.05) is 19.5 Å². The summed E-state index contributed by atoms with van der Waals surface area (Å²) in [6.45, 7) is 0.128. The highest BCUT2D eigenvalue weighted by Gasteiger charge is 2.03. The van der Waals surface area contributed by atoms with Crippen LogP contribution in [0.15, 0.2) is 0 Å². The fourth-order valence-electron chi connectivity index (χ4n) is 0.394. The number of amides is 2. The summed E-state index contributed by atoms with van der Waals surface area (Å²) in [7, 11) is 1.62. The van der Waals surface area contributed by atoms with Crippen molar-refractivity contribution in [1.82, 2.24) is 10.6 Å². The van der Waals surface area contributed by atoms with Crippen molar-refractivity contribution < 1.29 is 9.59 Å². The van der Waals surface area contributed by atoms with E-state index < -0.39 is 5.91 Å². The third-order valence-electron chi connectivity index (χ3n) is 0.738. The molecule has 0 fully saturated rings. The lowest BCUT2D eigenvalue weighted by Gasteiger charge is -1.98. The SMILES string of the molecule is CNCC(=O)NC(=O)CCl. The number of hydrogen-bond donors (Lipinski definition) is 2. The third-order valence-corrected chi connectivity index (χ3v) is 0.980. The van der Waals surface area contributed by atoms with Gasteiger partial charge in [0.25, 0.3) is 0 Å². The van der Waals surface area contributed by atoms with Gasteiger partial charge in [-0.2, -0.15) is 0 Å². The Balaban J connectivity index is 3.47. The molecule has 5 heteroatoms. The minimum atomic E-state index is -0.470. The van der Waals surface area contributed by atoms with E-state index in [1.807, 2.05) is 0 Å². The molecule has 0 aromatic rings. The van der Waals surface area contributed by atoms with Crippen LogP contribution in [-0.4, -0.2) is 31.3 Å². The van der Waals surface area contributed by atoms with Gasteiger partial charge in [-0.15, -0.1) is 11.6 Å². The minimum absolute atomic E-state index is 0.128. The van der Waals surface area contributed by atoms with Crippen LogP contribution in [0.25, 0.3) is 0 Å². The normalized spacial score (nSPS) is 9.00. The first-order valence-corrected chi connectivity index (χ1v) is 3.27. The number of carbonyl (C=O) groups is 2. The number of hydrogen-bond acceptors (Lipinski definition) is 3. The van der Waals surface area contributed by atoms with E-state index in [0.717, 1.165) is 0 Å². The first-order chi connectivity index (χ1) is 4.70. The van der Waals surface area contributed by atoms with Gasteiger partial charge in [0, 0.05) is 0 Å². The molecule has 4 nitrogen and oxygen atoms in total. The summed E-state index contributed by atoms with van der Waals surface area (Å²) >= 11 is 5.11. The summed E-state index contributed by atoms with van der Waals surface area (Å²) in [6, 6.07) is 0. The number of nitrogens with one attached hydrogen (secondary N) is 2. The van der Waals surface area contributed by atoms with Gasteiger partial charge >= 0.3 is 0 Å². The lowest BCUT2D eigenvalue weighted by atomic mass is 10.5. The average Bonchev–Trinajstić information content (AvgIpc) is 1.88. The number of imide groups is 1. The molecule has 0 aliphatic heterocycles. The van der Waals surface area contributed by atoms with E-state index in [9.17, 15) is 9.59 Å².